The monoisotopic (exact) mass is 386 g/mol. The first-order chi connectivity index (χ1) is 13.7. The van der Waals surface area contributed by atoms with E-state index in [9.17, 15) is 0 Å². The molecule has 6 nitrogen and oxygen atoms in total. The van der Waals surface area contributed by atoms with E-state index in [0.717, 1.165) is 66.7 Å². The van der Waals surface area contributed by atoms with Crippen molar-refractivity contribution in [1.29, 1.82) is 0 Å². The second kappa shape index (κ2) is 9.66. The van der Waals surface area contributed by atoms with Crippen molar-refractivity contribution in [3.05, 3.63) is 47.5 Å². The average molecular weight is 386 g/mol. The molecule has 2 aromatic rings. The van der Waals surface area contributed by atoms with Crippen molar-refractivity contribution < 1.29 is 18.9 Å². The summed E-state index contributed by atoms with van der Waals surface area (Å²) in [7, 11) is 6.69. The Morgan fingerprint density at radius 2 is 1.57 bits per heavy atom. The zero-order valence-electron chi connectivity index (χ0n) is 17.2. The highest BCUT2D eigenvalue weighted by Crippen LogP contribution is 2.40. The van der Waals surface area contributed by atoms with Crippen LogP contribution in [0.1, 0.15) is 23.6 Å². The first kappa shape index (κ1) is 20.3. The van der Waals surface area contributed by atoms with Crippen LogP contribution in [0, 0.1) is 0 Å². The number of methoxy groups -OCH3 is 4. The van der Waals surface area contributed by atoms with Crippen LogP contribution in [0.4, 0.5) is 0 Å². The van der Waals surface area contributed by atoms with Gasteiger partial charge in [0, 0.05) is 31.3 Å². The molecule has 0 saturated carbocycles. The smallest absolute Gasteiger partial charge is 0.161 e. The van der Waals surface area contributed by atoms with Crippen LogP contribution in [-0.4, -0.2) is 59.5 Å². The Morgan fingerprint density at radius 3 is 2.29 bits per heavy atom. The van der Waals surface area contributed by atoms with Crippen LogP contribution in [-0.2, 0) is 0 Å². The summed E-state index contributed by atoms with van der Waals surface area (Å²) >= 11 is 0. The summed E-state index contributed by atoms with van der Waals surface area (Å²) in [4.78, 5) is 2.49. The molecule has 1 aliphatic rings. The van der Waals surface area contributed by atoms with Crippen molar-refractivity contribution in [3.8, 4) is 23.0 Å². The van der Waals surface area contributed by atoms with Gasteiger partial charge in [0.05, 0.1) is 34.5 Å². The number of nitrogens with zero attached hydrogens (tertiary/aromatic N) is 1. The molecule has 1 heterocycles. The van der Waals surface area contributed by atoms with Gasteiger partial charge in [-0.05, 0) is 42.8 Å². The molecule has 0 aromatic heterocycles. The highest BCUT2D eigenvalue weighted by atomic mass is 16.5. The molecule has 1 atom stereocenters. The van der Waals surface area contributed by atoms with Crippen LogP contribution in [0.5, 0.6) is 23.0 Å². The third kappa shape index (κ3) is 4.34. The van der Waals surface area contributed by atoms with Crippen LogP contribution in [0.25, 0.3) is 0 Å². The molecule has 0 spiro atoms. The van der Waals surface area contributed by atoms with E-state index in [1.807, 2.05) is 18.2 Å². The Labute approximate surface area is 167 Å². The van der Waals surface area contributed by atoms with Gasteiger partial charge in [0.15, 0.2) is 11.5 Å². The molecule has 0 aliphatic carbocycles. The second-order valence-corrected chi connectivity index (χ2v) is 6.76. The van der Waals surface area contributed by atoms with E-state index >= 15 is 0 Å². The van der Waals surface area contributed by atoms with E-state index in [1.54, 1.807) is 28.4 Å². The van der Waals surface area contributed by atoms with Gasteiger partial charge < -0.3 is 24.3 Å². The maximum Gasteiger partial charge on any atom is 0.161 e. The van der Waals surface area contributed by atoms with Gasteiger partial charge in [0.25, 0.3) is 0 Å². The number of benzene rings is 2. The molecule has 6 heteroatoms. The van der Waals surface area contributed by atoms with Gasteiger partial charge in [-0.25, -0.2) is 0 Å². The number of hydrogen-bond donors (Lipinski definition) is 1. The summed E-state index contributed by atoms with van der Waals surface area (Å²) in [6.45, 7) is 3.95. The van der Waals surface area contributed by atoms with Gasteiger partial charge in [-0.1, -0.05) is 6.07 Å². The van der Waals surface area contributed by atoms with Gasteiger partial charge in [-0.3, -0.25) is 4.90 Å². The molecule has 1 unspecified atom stereocenters. The lowest BCUT2D eigenvalue weighted by Crippen LogP contribution is -2.33. The molecular weight excluding hydrogens is 356 g/mol. The molecule has 152 valence electrons. The fraction of sp³-hybridized carbons (Fsp3) is 0.455. The lowest BCUT2D eigenvalue weighted by molar-refractivity contribution is 0.235. The fourth-order valence-electron chi connectivity index (χ4n) is 3.78. The highest BCUT2D eigenvalue weighted by Gasteiger charge is 2.27. The topological polar surface area (TPSA) is 52.2 Å². The summed E-state index contributed by atoms with van der Waals surface area (Å²) in [5.74, 6) is 3.05. The van der Waals surface area contributed by atoms with E-state index < -0.39 is 0 Å². The summed E-state index contributed by atoms with van der Waals surface area (Å²) < 4.78 is 22.1. The SMILES string of the molecule is COc1ccc(C(c2ccc(OC)c(OC)c2)N2CCCNCC2)c(OC)c1. The molecule has 1 fully saturated rings. The zero-order chi connectivity index (χ0) is 19.9. The number of hydrogen-bond acceptors (Lipinski definition) is 6. The minimum absolute atomic E-state index is 0.0422. The summed E-state index contributed by atoms with van der Waals surface area (Å²) in [6, 6.07) is 12.2. The fourth-order valence-corrected chi connectivity index (χ4v) is 3.78. The average Bonchev–Trinajstić information content (AvgIpc) is 3.03. The molecule has 3 rings (SSSR count). The van der Waals surface area contributed by atoms with Crippen molar-refractivity contribution in [2.45, 2.75) is 12.5 Å². The molecule has 1 N–H and O–H groups in total. The molecule has 0 amide bonds. The molecule has 2 aromatic carbocycles. The van der Waals surface area contributed by atoms with Gasteiger partial charge in [0.2, 0.25) is 0 Å². The Bertz CT molecular complexity index is 773. The maximum absolute atomic E-state index is 5.74. The van der Waals surface area contributed by atoms with Crippen molar-refractivity contribution in [3.63, 3.8) is 0 Å². The molecule has 28 heavy (non-hydrogen) atoms. The van der Waals surface area contributed by atoms with Crippen molar-refractivity contribution in [2.75, 3.05) is 54.6 Å². The zero-order valence-corrected chi connectivity index (χ0v) is 17.2. The first-order valence-corrected chi connectivity index (χ1v) is 9.60. The van der Waals surface area contributed by atoms with Gasteiger partial charge in [-0.15, -0.1) is 0 Å². The highest BCUT2D eigenvalue weighted by molar-refractivity contribution is 5.50. The minimum atomic E-state index is 0.0422. The molecule has 1 saturated heterocycles. The maximum atomic E-state index is 5.74. The van der Waals surface area contributed by atoms with Crippen LogP contribution < -0.4 is 24.3 Å². The van der Waals surface area contributed by atoms with Crippen molar-refractivity contribution >= 4 is 0 Å². The van der Waals surface area contributed by atoms with Crippen LogP contribution in [0.3, 0.4) is 0 Å². The van der Waals surface area contributed by atoms with E-state index in [4.69, 9.17) is 18.9 Å². The van der Waals surface area contributed by atoms with Crippen LogP contribution in [0.15, 0.2) is 36.4 Å². The van der Waals surface area contributed by atoms with Gasteiger partial charge in [0.1, 0.15) is 11.5 Å². The van der Waals surface area contributed by atoms with E-state index in [2.05, 4.69) is 28.4 Å². The number of nitrogens with one attached hydrogen (secondary N) is 1. The third-order valence-electron chi connectivity index (χ3n) is 5.20. The van der Waals surface area contributed by atoms with Crippen LogP contribution >= 0.6 is 0 Å². The molecule has 0 radical (unpaired) electrons. The van der Waals surface area contributed by atoms with Gasteiger partial charge >= 0.3 is 0 Å². The number of rotatable bonds is 7. The standard InChI is InChI=1S/C22H30N2O4/c1-25-17-7-8-18(20(15-17)27-3)22(24-12-5-10-23-11-13-24)16-6-9-19(26-2)21(14-16)28-4/h6-9,14-15,22-23H,5,10-13H2,1-4H3. The first-order valence-electron chi connectivity index (χ1n) is 9.60. The summed E-state index contributed by atoms with van der Waals surface area (Å²) in [6.07, 6.45) is 1.10. The van der Waals surface area contributed by atoms with E-state index in [0.29, 0.717) is 0 Å². The lowest BCUT2D eigenvalue weighted by Gasteiger charge is -2.32. The van der Waals surface area contributed by atoms with E-state index in [1.165, 1.54) is 0 Å². The summed E-state index contributed by atoms with van der Waals surface area (Å²) in [5.41, 5.74) is 2.25. The molecule has 0 bridgehead atoms. The Balaban J connectivity index is 2.10. The largest absolute Gasteiger partial charge is 0.497 e. The second-order valence-electron chi connectivity index (χ2n) is 6.76. The molecule has 1 aliphatic heterocycles. The summed E-state index contributed by atoms with van der Waals surface area (Å²) in [5, 5.41) is 3.49. The Morgan fingerprint density at radius 1 is 0.786 bits per heavy atom. The van der Waals surface area contributed by atoms with Crippen molar-refractivity contribution in [2.24, 2.45) is 0 Å². The number of ether oxygens (including phenoxy) is 4. The minimum Gasteiger partial charge on any atom is -0.497 e. The predicted molar refractivity (Wildman–Crippen MR) is 110 cm³/mol. The van der Waals surface area contributed by atoms with Gasteiger partial charge in [-0.2, -0.15) is 0 Å². The van der Waals surface area contributed by atoms with E-state index in [-0.39, 0.29) is 6.04 Å². The predicted octanol–water partition coefficient (Wildman–Crippen LogP) is 3.11. The molecular formula is C22H30N2O4. The Hall–Kier alpha value is -2.44. The normalized spacial score (nSPS) is 16.1. The third-order valence-corrected chi connectivity index (χ3v) is 5.20. The van der Waals surface area contributed by atoms with Crippen molar-refractivity contribution in [1.82, 2.24) is 10.2 Å². The van der Waals surface area contributed by atoms with Crippen LogP contribution in [0.2, 0.25) is 0 Å². The Kier molecular flexibility index (Phi) is 7.01. The lowest BCUT2D eigenvalue weighted by atomic mass is 9.95. The quantitative estimate of drug-likeness (QED) is 0.789.